The van der Waals surface area contributed by atoms with E-state index in [1.54, 1.807) is 12.3 Å². The second-order valence-corrected chi connectivity index (χ2v) is 4.13. The van der Waals surface area contributed by atoms with Crippen LogP contribution in [0.3, 0.4) is 0 Å². The molecule has 0 bridgehead atoms. The fourth-order valence-corrected chi connectivity index (χ4v) is 2.15. The quantitative estimate of drug-likeness (QED) is 0.644. The van der Waals surface area contributed by atoms with Gasteiger partial charge in [-0.1, -0.05) is 0 Å². The Morgan fingerprint density at radius 1 is 1.33 bits per heavy atom. The number of nitrogens with zero attached hydrogens (tertiary/aromatic N) is 1. The van der Waals surface area contributed by atoms with Crippen LogP contribution in [0, 0.1) is 6.92 Å². The lowest BCUT2D eigenvalue weighted by atomic mass is 10.0. The van der Waals surface area contributed by atoms with Crippen molar-refractivity contribution in [1.82, 2.24) is 15.0 Å². The molecule has 3 aromatic heterocycles. The van der Waals surface area contributed by atoms with Gasteiger partial charge in [-0.05, 0) is 30.7 Å². The van der Waals surface area contributed by atoms with Gasteiger partial charge in [-0.25, -0.2) is 9.78 Å². The highest BCUT2D eigenvalue weighted by Gasteiger charge is 2.13. The summed E-state index contributed by atoms with van der Waals surface area (Å²) in [7, 11) is 0. The molecule has 3 N–H and O–H groups in total. The lowest BCUT2D eigenvalue weighted by Gasteiger charge is -2.01. The Hall–Kier alpha value is -2.56. The van der Waals surface area contributed by atoms with Gasteiger partial charge in [-0.3, -0.25) is 0 Å². The molecular formula is C13H11N3O2. The van der Waals surface area contributed by atoms with Crippen molar-refractivity contribution >= 4 is 17.0 Å². The van der Waals surface area contributed by atoms with Crippen LogP contribution in [-0.4, -0.2) is 26.0 Å². The number of nitrogens with one attached hydrogen (secondary N) is 2. The van der Waals surface area contributed by atoms with E-state index in [1.807, 2.05) is 25.3 Å². The Bertz CT molecular complexity index is 740. The molecule has 0 aromatic carbocycles. The molecule has 0 amide bonds. The summed E-state index contributed by atoms with van der Waals surface area (Å²) in [4.78, 5) is 21.1. The number of carboxylic acids is 1. The fraction of sp³-hybridized carbons (Fsp3) is 0.0769. The van der Waals surface area contributed by atoms with Gasteiger partial charge in [-0.15, -0.1) is 0 Å². The molecule has 18 heavy (non-hydrogen) atoms. The molecule has 0 spiro atoms. The topological polar surface area (TPSA) is 81.8 Å². The van der Waals surface area contributed by atoms with Gasteiger partial charge in [0.15, 0.2) is 0 Å². The van der Waals surface area contributed by atoms with Crippen LogP contribution in [0.25, 0.3) is 22.2 Å². The first kappa shape index (κ1) is 10.6. The predicted octanol–water partition coefficient (Wildman–Crippen LogP) is 2.56. The summed E-state index contributed by atoms with van der Waals surface area (Å²) in [5.74, 6) is -0.955. The van der Waals surface area contributed by atoms with Gasteiger partial charge in [0.05, 0.1) is 0 Å². The number of fused-ring (bicyclic) bond motifs is 1. The Kier molecular flexibility index (Phi) is 2.19. The van der Waals surface area contributed by atoms with Crippen LogP contribution in [0.15, 0.2) is 30.6 Å². The molecule has 90 valence electrons. The van der Waals surface area contributed by atoms with Crippen molar-refractivity contribution < 1.29 is 9.90 Å². The zero-order chi connectivity index (χ0) is 12.7. The molecule has 0 radical (unpaired) electrons. The van der Waals surface area contributed by atoms with E-state index in [0.29, 0.717) is 0 Å². The van der Waals surface area contributed by atoms with Crippen molar-refractivity contribution in [2.75, 3.05) is 0 Å². The third-order valence-electron chi connectivity index (χ3n) is 3.00. The molecule has 0 aliphatic heterocycles. The number of rotatable bonds is 2. The van der Waals surface area contributed by atoms with E-state index < -0.39 is 5.97 Å². The van der Waals surface area contributed by atoms with Gasteiger partial charge in [0, 0.05) is 29.0 Å². The van der Waals surface area contributed by atoms with Gasteiger partial charge in [0.1, 0.15) is 11.3 Å². The summed E-state index contributed by atoms with van der Waals surface area (Å²) in [6.07, 6.45) is 3.53. The standard InChI is InChI=1S/C13H11N3O2/c1-7-10(6-11(16-7)13(17)18)8-2-4-14-12-9(8)3-5-15-12/h2-6,16H,1H3,(H,14,15)(H,17,18). The molecule has 5 heteroatoms. The lowest BCUT2D eigenvalue weighted by Crippen LogP contribution is -1.95. The molecule has 5 nitrogen and oxygen atoms in total. The third-order valence-corrected chi connectivity index (χ3v) is 3.00. The number of pyridine rings is 1. The van der Waals surface area contributed by atoms with Crippen molar-refractivity contribution in [2.45, 2.75) is 6.92 Å². The molecule has 0 saturated carbocycles. The molecular weight excluding hydrogens is 230 g/mol. The number of H-pyrrole nitrogens is 2. The maximum absolute atomic E-state index is 11.0. The van der Waals surface area contributed by atoms with E-state index in [2.05, 4.69) is 15.0 Å². The predicted molar refractivity (Wildman–Crippen MR) is 67.6 cm³/mol. The maximum Gasteiger partial charge on any atom is 0.352 e. The molecule has 0 fully saturated rings. The summed E-state index contributed by atoms with van der Waals surface area (Å²) >= 11 is 0. The van der Waals surface area contributed by atoms with Gasteiger partial charge >= 0.3 is 5.97 Å². The molecule has 0 unspecified atom stereocenters. The second kappa shape index (κ2) is 3.73. The second-order valence-electron chi connectivity index (χ2n) is 4.13. The number of hydrogen-bond acceptors (Lipinski definition) is 2. The Morgan fingerprint density at radius 3 is 2.89 bits per heavy atom. The Morgan fingerprint density at radius 2 is 2.17 bits per heavy atom. The lowest BCUT2D eigenvalue weighted by molar-refractivity contribution is 0.0691. The molecule has 0 aliphatic rings. The number of aromatic carboxylic acids is 1. The van der Waals surface area contributed by atoms with E-state index in [4.69, 9.17) is 5.11 Å². The van der Waals surface area contributed by atoms with E-state index in [0.717, 1.165) is 27.9 Å². The average molecular weight is 241 g/mol. The van der Waals surface area contributed by atoms with E-state index in [-0.39, 0.29) is 5.69 Å². The minimum atomic E-state index is -0.955. The first-order valence-electron chi connectivity index (χ1n) is 5.52. The minimum Gasteiger partial charge on any atom is -0.477 e. The SMILES string of the molecule is Cc1[nH]c(C(=O)O)cc1-c1ccnc2[nH]ccc12. The molecule has 3 aromatic rings. The van der Waals surface area contributed by atoms with Gasteiger partial charge < -0.3 is 15.1 Å². The maximum atomic E-state index is 11.0. The number of hydrogen-bond donors (Lipinski definition) is 3. The fourth-order valence-electron chi connectivity index (χ4n) is 2.15. The van der Waals surface area contributed by atoms with Gasteiger partial charge in [-0.2, -0.15) is 0 Å². The minimum absolute atomic E-state index is 0.197. The molecule has 3 rings (SSSR count). The first-order valence-corrected chi connectivity index (χ1v) is 5.52. The van der Waals surface area contributed by atoms with Crippen molar-refractivity contribution in [3.05, 3.63) is 42.0 Å². The van der Waals surface area contributed by atoms with E-state index in [1.165, 1.54) is 0 Å². The summed E-state index contributed by atoms with van der Waals surface area (Å²) in [6.45, 7) is 1.86. The highest BCUT2D eigenvalue weighted by molar-refractivity contribution is 5.96. The molecule has 0 aliphatic carbocycles. The molecule has 0 atom stereocenters. The van der Waals surface area contributed by atoms with Crippen LogP contribution in [0.2, 0.25) is 0 Å². The van der Waals surface area contributed by atoms with Crippen LogP contribution < -0.4 is 0 Å². The van der Waals surface area contributed by atoms with Gasteiger partial charge in [0.2, 0.25) is 0 Å². The Balaban J connectivity index is 2.26. The number of carboxylic acid groups (broad SMARTS) is 1. The number of aromatic amines is 2. The summed E-state index contributed by atoms with van der Waals surface area (Å²) in [5, 5.41) is 9.98. The highest BCUT2D eigenvalue weighted by Crippen LogP contribution is 2.30. The van der Waals surface area contributed by atoms with Gasteiger partial charge in [0.25, 0.3) is 0 Å². The van der Waals surface area contributed by atoms with Crippen molar-refractivity contribution in [1.29, 1.82) is 0 Å². The van der Waals surface area contributed by atoms with Crippen molar-refractivity contribution in [3.63, 3.8) is 0 Å². The van der Waals surface area contributed by atoms with Crippen molar-refractivity contribution in [2.24, 2.45) is 0 Å². The largest absolute Gasteiger partial charge is 0.477 e. The normalized spacial score (nSPS) is 10.9. The Labute approximate surface area is 102 Å². The number of carbonyl (C=O) groups is 1. The smallest absolute Gasteiger partial charge is 0.352 e. The monoisotopic (exact) mass is 241 g/mol. The highest BCUT2D eigenvalue weighted by atomic mass is 16.4. The first-order chi connectivity index (χ1) is 8.66. The van der Waals surface area contributed by atoms with Crippen LogP contribution >= 0.6 is 0 Å². The summed E-state index contributed by atoms with van der Waals surface area (Å²) < 4.78 is 0. The van der Waals surface area contributed by atoms with Crippen LogP contribution in [0.1, 0.15) is 16.2 Å². The molecule has 3 heterocycles. The van der Waals surface area contributed by atoms with Crippen molar-refractivity contribution in [3.8, 4) is 11.1 Å². The third kappa shape index (κ3) is 1.48. The number of aromatic nitrogens is 3. The van der Waals surface area contributed by atoms with Crippen LogP contribution in [0.4, 0.5) is 0 Å². The van der Waals surface area contributed by atoms with Crippen LogP contribution in [0.5, 0.6) is 0 Å². The zero-order valence-corrected chi connectivity index (χ0v) is 9.69. The average Bonchev–Trinajstić information content (AvgIpc) is 2.94. The van der Waals surface area contributed by atoms with E-state index in [9.17, 15) is 4.79 Å². The van der Waals surface area contributed by atoms with Crippen LogP contribution in [-0.2, 0) is 0 Å². The molecule has 0 saturated heterocycles. The summed E-state index contributed by atoms with van der Waals surface area (Å²) in [5.41, 5.74) is 3.69. The van der Waals surface area contributed by atoms with E-state index >= 15 is 0 Å². The zero-order valence-electron chi connectivity index (χ0n) is 9.69. The summed E-state index contributed by atoms with van der Waals surface area (Å²) in [6, 6.07) is 5.47. The number of aryl methyl sites for hydroxylation is 1.